The van der Waals surface area contributed by atoms with Gasteiger partial charge in [-0.2, -0.15) is 11.3 Å². The summed E-state index contributed by atoms with van der Waals surface area (Å²) in [5, 5.41) is 7.60. The van der Waals surface area contributed by atoms with E-state index in [9.17, 15) is 4.79 Å². The van der Waals surface area contributed by atoms with Crippen LogP contribution in [0.1, 0.15) is 34.9 Å². The summed E-state index contributed by atoms with van der Waals surface area (Å²) in [6.45, 7) is 0.799. The van der Waals surface area contributed by atoms with Crippen LogP contribution in [0.15, 0.2) is 46.5 Å². The molecule has 1 amide bonds. The lowest BCUT2D eigenvalue weighted by molar-refractivity contribution is 0.0731. The first-order valence-corrected chi connectivity index (χ1v) is 9.97. The van der Waals surface area contributed by atoms with Gasteiger partial charge in [0.15, 0.2) is 0 Å². The largest absolute Gasteiger partial charge is 0.330 e. The molecule has 3 nitrogen and oxygen atoms in total. The highest BCUT2D eigenvalue weighted by Gasteiger charge is 2.31. The fourth-order valence-electron chi connectivity index (χ4n) is 3.07. The monoisotopic (exact) mass is 374 g/mol. The summed E-state index contributed by atoms with van der Waals surface area (Å²) in [5.74, 6) is 0.0279. The molecule has 1 saturated heterocycles. The molecule has 24 heavy (non-hydrogen) atoms. The average molecular weight is 375 g/mol. The Balaban J connectivity index is 1.57. The zero-order valence-corrected chi connectivity index (χ0v) is 15.2. The molecule has 4 rings (SSSR count). The van der Waals surface area contributed by atoms with E-state index >= 15 is 0 Å². The molecule has 1 unspecified atom stereocenters. The Bertz CT molecular complexity index is 842. The van der Waals surface area contributed by atoms with E-state index in [-0.39, 0.29) is 11.9 Å². The number of carbonyl (C=O) groups is 1. The SMILES string of the molecule is O=C(c1csc(-c2ccc(Cl)cc2)n1)N1CCCC1c1ccsc1. The van der Waals surface area contributed by atoms with Crippen LogP contribution in [0.3, 0.4) is 0 Å². The Morgan fingerprint density at radius 3 is 2.79 bits per heavy atom. The van der Waals surface area contributed by atoms with Crippen molar-refractivity contribution in [2.24, 2.45) is 0 Å². The van der Waals surface area contributed by atoms with E-state index in [1.165, 1.54) is 16.9 Å². The smallest absolute Gasteiger partial charge is 0.273 e. The molecular formula is C18H15ClN2OS2. The third-order valence-corrected chi connectivity index (χ3v) is 6.10. The Hall–Kier alpha value is -1.69. The topological polar surface area (TPSA) is 33.2 Å². The van der Waals surface area contributed by atoms with E-state index in [0.29, 0.717) is 10.7 Å². The maximum atomic E-state index is 12.9. The fourth-order valence-corrected chi connectivity index (χ4v) is 4.70. The lowest BCUT2D eigenvalue weighted by Crippen LogP contribution is -2.30. The van der Waals surface area contributed by atoms with Gasteiger partial charge in [-0.3, -0.25) is 4.79 Å². The predicted molar refractivity (Wildman–Crippen MR) is 99.9 cm³/mol. The second kappa shape index (κ2) is 6.67. The lowest BCUT2D eigenvalue weighted by atomic mass is 10.1. The van der Waals surface area contributed by atoms with Crippen molar-refractivity contribution in [3.05, 3.63) is 62.8 Å². The molecule has 0 bridgehead atoms. The van der Waals surface area contributed by atoms with Gasteiger partial charge < -0.3 is 4.90 Å². The van der Waals surface area contributed by atoms with Crippen LogP contribution in [0.5, 0.6) is 0 Å². The molecule has 3 heterocycles. The molecule has 1 aromatic carbocycles. The Kier molecular flexibility index (Phi) is 4.39. The van der Waals surface area contributed by atoms with E-state index in [0.717, 1.165) is 30.0 Å². The van der Waals surface area contributed by atoms with Crippen LogP contribution < -0.4 is 0 Å². The second-order valence-corrected chi connectivity index (χ2v) is 7.83. The molecule has 1 aliphatic heterocycles. The van der Waals surface area contributed by atoms with E-state index in [2.05, 4.69) is 21.8 Å². The number of benzene rings is 1. The summed E-state index contributed by atoms with van der Waals surface area (Å²) in [6, 6.07) is 9.84. The van der Waals surface area contributed by atoms with E-state index < -0.39 is 0 Å². The minimum absolute atomic E-state index is 0.0279. The number of hydrogen-bond acceptors (Lipinski definition) is 4. The molecule has 0 saturated carbocycles. The Morgan fingerprint density at radius 2 is 2.04 bits per heavy atom. The number of hydrogen-bond donors (Lipinski definition) is 0. The van der Waals surface area contributed by atoms with Gasteiger partial charge in [-0.05, 0) is 47.4 Å². The standard InChI is InChI=1S/C18H15ClN2OS2/c19-14-5-3-12(4-6-14)17-20-15(11-24-17)18(22)21-8-1-2-16(21)13-7-9-23-10-13/h3-7,9-11,16H,1-2,8H2. The maximum Gasteiger partial charge on any atom is 0.273 e. The zero-order chi connectivity index (χ0) is 16.5. The first-order chi connectivity index (χ1) is 11.7. The molecule has 0 radical (unpaired) electrons. The van der Waals surface area contributed by atoms with Crippen molar-refractivity contribution in [1.82, 2.24) is 9.88 Å². The quantitative estimate of drug-likeness (QED) is 0.606. The fraction of sp³-hybridized carbons (Fsp3) is 0.222. The highest BCUT2D eigenvalue weighted by atomic mass is 35.5. The van der Waals surface area contributed by atoms with Gasteiger partial charge in [0.2, 0.25) is 0 Å². The Morgan fingerprint density at radius 1 is 1.21 bits per heavy atom. The number of likely N-dealkylation sites (tertiary alicyclic amines) is 1. The van der Waals surface area contributed by atoms with Gasteiger partial charge in [0.1, 0.15) is 10.7 Å². The first kappa shape index (κ1) is 15.8. The molecule has 2 aromatic heterocycles. The molecule has 0 N–H and O–H groups in total. The van der Waals surface area contributed by atoms with Crippen molar-refractivity contribution in [3.8, 4) is 10.6 Å². The molecule has 1 atom stereocenters. The highest BCUT2D eigenvalue weighted by Crippen LogP contribution is 2.35. The van der Waals surface area contributed by atoms with Gasteiger partial charge in [0.25, 0.3) is 5.91 Å². The molecule has 0 spiro atoms. The van der Waals surface area contributed by atoms with Gasteiger partial charge in [-0.1, -0.05) is 23.7 Å². The maximum absolute atomic E-state index is 12.9. The highest BCUT2D eigenvalue weighted by molar-refractivity contribution is 7.13. The third-order valence-electron chi connectivity index (χ3n) is 4.26. The van der Waals surface area contributed by atoms with Crippen molar-refractivity contribution < 1.29 is 4.79 Å². The summed E-state index contributed by atoms with van der Waals surface area (Å²) in [7, 11) is 0. The summed E-state index contributed by atoms with van der Waals surface area (Å²) < 4.78 is 0. The normalized spacial score (nSPS) is 17.4. The van der Waals surface area contributed by atoms with Gasteiger partial charge >= 0.3 is 0 Å². The van der Waals surface area contributed by atoms with Gasteiger partial charge in [-0.25, -0.2) is 4.98 Å². The van der Waals surface area contributed by atoms with Gasteiger partial charge in [-0.15, -0.1) is 11.3 Å². The van der Waals surface area contributed by atoms with Crippen LogP contribution in [0.25, 0.3) is 10.6 Å². The second-order valence-electron chi connectivity index (χ2n) is 5.76. The molecular weight excluding hydrogens is 360 g/mol. The molecule has 6 heteroatoms. The van der Waals surface area contributed by atoms with E-state index in [1.54, 1.807) is 11.3 Å². The number of thiazole rings is 1. The number of thiophene rings is 1. The molecule has 3 aromatic rings. The van der Waals surface area contributed by atoms with E-state index in [4.69, 9.17) is 11.6 Å². The number of nitrogens with zero attached hydrogens (tertiary/aromatic N) is 2. The van der Waals surface area contributed by atoms with Crippen LogP contribution >= 0.6 is 34.3 Å². The van der Waals surface area contributed by atoms with Crippen molar-refractivity contribution in [1.29, 1.82) is 0 Å². The van der Waals surface area contributed by atoms with Crippen LogP contribution in [0, 0.1) is 0 Å². The zero-order valence-electron chi connectivity index (χ0n) is 12.8. The molecule has 122 valence electrons. The molecule has 1 fully saturated rings. The lowest BCUT2D eigenvalue weighted by Gasteiger charge is -2.23. The van der Waals surface area contributed by atoms with Crippen molar-refractivity contribution in [3.63, 3.8) is 0 Å². The number of amides is 1. The molecule has 1 aliphatic rings. The summed E-state index contributed by atoms with van der Waals surface area (Å²) in [5.41, 5.74) is 2.75. The van der Waals surface area contributed by atoms with Crippen LogP contribution in [-0.2, 0) is 0 Å². The minimum atomic E-state index is 0.0279. The first-order valence-electron chi connectivity index (χ1n) is 7.77. The Labute approximate surface area is 153 Å². The third kappa shape index (κ3) is 2.99. The summed E-state index contributed by atoms with van der Waals surface area (Å²) >= 11 is 9.10. The minimum Gasteiger partial charge on any atom is -0.330 e. The summed E-state index contributed by atoms with van der Waals surface area (Å²) in [6.07, 6.45) is 2.07. The van der Waals surface area contributed by atoms with Crippen molar-refractivity contribution >= 4 is 40.2 Å². The number of aromatic nitrogens is 1. The van der Waals surface area contributed by atoms with Crippen LogP contribution in [0.4, 0.5) is 0 Å². The van der Waals surface area contributed by atoms with E-state index in [1.807, 2.05) is 34.5 Å². The number of halogens is 1. The predicted octanol–water partition coefficient (Wildman–Crippen LogP) is 5.50. The van der Waals surface area contributed by atoms with Crippen molar-refractivity contribution in [2.75, 3.05) is 6.54 Å². The summed E-state index contributed by atoms with van der Waals surface area (Å²) in [4.78, 5) is 19.4. The van der Waals surface area contributed by atoms with Crippen LogP contribution in [-0.4, -0.2) is 22.3 Å². The van der Waals surface area contributed by atoms with Gasteiger partial charge in [0, 0.05) is 22.5 Å². The van der Waals surface area contributed by atoms with Crippen LogP contribution in [0.2, 0.25) is 5.02 Å². The van der Waals surface area contributed by atoms with Gasteiger partial charge in [0.05, 0.1) is 6.04 Å². The molecule has 0 aliphatic carbocycles. The van der Waals surface area contributed by atoms with Crippen molar-refractivity contribution in [2.45, 2.75) is 18.9 Å². The average Bonchev–Trinajstić information content (AvgIpc) is 3.34. The number of rotatable bonds is 3. The number of carbonyl (C=O) groups excluding carboxylic acids is 1.